The first kappa shape index (κ1) is 39.9. The molecule has 0 aromatic carbocycles. The van der Waals surface area contributed by atoms with Gasteiger partial charge in [-0.15, -0.1) is 11.3 Å². The number of aliphatic carboxylic acids is 1. The maximum atomic E-state index is 15.5. The van der Waals surface area contributed by atoms with Crippen LogP contribution in [0.1, 0.15) is 151 Å². The molecule has 11 unspecified atom stereocenters. The number of fused-ring (bicyclic) bond motifs is 7. The summed E-state index contributed by atoms with van der Waals surface area (Å²) in [5.74, 6) is 2.01. The number of aromatic nitrogens is 2. The molecule has 2 N–H and O–H groups in total. The Morgan fingerprint density at radius 2 is 1.75 bits per heavy atom. The highest BCUT2D eigenvalue weighted by molar-refractivity contribution is 7.13. The molecule has 1 saturated heterocycles. The van der Waals surface area contributed by atoms with Crippen molar-refractivity contribution >= 4 is 29.2 Å². The number of nitrogens with one attached hydrogen (secondary N) is 1. The number of amides is 1. The first-order valence-corrected chi connectivity index (χ1v) is 22.7. The third kappa shape index (κ3) is 5.76. The first-order chi connectivity index (χ1) is 26.3. The van der Waals surface area contributed by atoms with Gasteiger partial charge in [0.25, 0.3) is 0 Å². The number of rotatable bonds is 8. The number of likely N-dealkylation sites (tertiary alicyclic amines) is 1. The van der Waals surface area contributed by atoms with E-state index in [2.05, 4.69) is 75.5 Å². The van der Waals surface area contributed by atoms with Crippen LogP contribution in [0.15, 0.2) is 35.9 Å². The zero-order valence-electron chi connectivity index (χ0n) is 35.3. The largest absolute Gasteiger partial charge is 0.481 e. The lowest BCUT2D eigenvalue weighted by molar-refractivity contribution is -0.250. The fourth-order valence-corrected chi connectivity index (χ4v) is 15.7. The van der Waals surface area contributed by atoms with E-state index in [0.717, 1.165) is 88.7 Å². The summed E-state index contributed by atoms with van der Waals surface area (Å²) in [4.78, 5) is 52.3. The van der Waals surface area contributed by atoms with Crippen molar-refractivity contribution in [3.63, 3.8) is 0 Å². The number of thiophene rings is 1. The van der Waals surface area contributed by atoms with Crippen LogP contribution in [0.5, 0.6) is 0 Å². The monoisotopic (exact) mass is 785 g/mol. The summed E-state index contributed by atoms with van der Waals surface area (Å²) in [7, 11) is 0. The summed E-state index contributed by atoms with van der Waals surface area (Å²) in [6, 6.07) is 4.18. The van der Waals surface area contributed by atoms with Gasteiger partial charge < -0.3 is 19.7 Å². The van der Waals surface area contributed by atoms with Gasteiger partial charge in [-0.2, -0.15) is 0 Å². The van der Waals surface area contributed by atoms with E-state index in [-0.39, 0.29) is 45.6 Å². The van der Waals surface area contributed by atoms with E-state index in [1.165, 1.54) is 16.9 Å². The van der Waals surface area contributed by atoms with E-state index in [1.807, 2.05) is 6.20 Å². The van der Waals surface area contributed by atoms with Gasteiger partial charge in [0.15, 0.2) is 0 Å². The molecule has 6 aliphatic rings. The Morgan fingerprint density at radius 1 is 0.982 bits per heavy atom. The second-order valence-electron chi connectivity index (χ2n) is 21.4. The second kappa shape index (κ2) is 13.6. The molecule has 56 heavy (non-hydrogen) atoms. The fourth-order valence-electron chi connectivity index (χ4n) is 15.0. The lowest BCUT2D eigenvalue weighted by atomic mass is 9.32. The molecule has 0 spiro atoms. The Morgan fingerprint density at radius 3 is 2.45 bits per heavy atom. The van der Waals surface area contributed by atoms with E-state index in [1.54, 1.807) is 25.2 Å². The number of carboxylic acid groups (broad SMARTS) is 1. The highest BCUT2D eigenvalue weighted by Crippen LogP contribution is 2.78. The summed E-state index contributed by atoms with van der Waals surface area (Å²) in [5, 5.41) is 11.7. The number of carbonyl (C=O) groups excluding carboxylic acids is 2. The van der Waals surface area contributed by atoms with E-state index in [9.17, 15) is 14.7 Å². The number of carboxylic acids is 1. The molecule has 11 atom stereocenters. The topological polar surface area (TPSA) is 113 Å². The fraction of sp³-hybridized carbons (Fsp3) is 0.745. The molecule has 6 fully saturated rings. The van der Waals surface area contributed by atoms with Gasteiger partial charge in [0.2, 0.25) is 5.91 Å². The summed E-state index contributed by atoms with van der Waals surface area (Å²) in [6.07, 6.45) is 14.0. The van der Waals surface area contributed by atoms with E-state index in [0.29, 0.717) is 35.5 Å². The van der Waals surface area contributed by atoms with Crippen molar-refractivity contribution in [1.82, 2.24) is 14.9 Å². The molecule has 5 saturated carbocycles. The zero-order chi connectivity index (χ0) is 40.2. The number of esters is 1. The van der Waals surface area contributed by atoms with Crippen molar-refractivity contribution in [3.8, 4) is 10.6 Å². The standard InChI is InChI=1S/C47H67N3O5S/c1-28(2)29-16-21-47(40(52)50-24-10-12-32(50)39-48-27-31(49-39)33-13-11-25-56-33)23-22-45(8)30(38(29)47)14-15-35-44(7)19-18-36(55-37(51)26-42(3,4)41(53)54)43(5,6)34(44)17-20-46(35,45)9/h11,13,25,27,29-30,32,34-36,38H,1,10,12,14-24,26H2,2-9H3,(H,48,49)(H,53,54). The molecule has 3 heterocycles. The average Bonchev–Trinajstić information content (AvgIpc) is 3.95. The summed E-state index contributed by atoms with van der Waals surface area (Å²) >= 11 is 1.71. The Kier molecular flexibility index (Phi) is 9.65. The Labute approximate surface area is 339 Å². The summed E-state index contributed by atoms with van der Waals surface area (Å²) in [5.41, 5.74) is 0.901. The minimum Gasteiger partial charge on any atom is -0.481 e. The number of hydrogen-bond donors (Lipinski definition) is 2. The number of allylic oxidation sites excluding steroid dienone is 1. The van der Waals surface area contributed by atoms with Gasteiger partial charge >= 0.3 is 11.9 Å². The van der Waals surface area contributed by atoms with Crippen LogP contribution >= 0.6 is 11.3 Å². The van der Waals surface area contributed by atoms with Crippen molar-refractivity contribution in [1.29, 1.82) is 0 Å². The van der Waals surface area contributed by atoms with Crippen molar-refractivity contribution in [2.75, 3.05) is 6.54 Å². The van der Waals surface area contributed by atoms with Gasteiger partial charge in [-0.05, 0) is 155 Å². The van der Waals surface area contributed by atoms with Crippen molar-refractivity contribution in [2.24, 2.45) is 62.1 Å². The SMILES string of the molecule is C=C(C)C1CCC2(C(=O)N3CCCC3c3ncc(-c4cccs4)[nH]3)CCC3(C)C(CCC4C5(C)CCC(OC(=O)CC(C)(C)C(=O)O)C(C)(C)C5CCC43C)C12. The van der Waals surface area contributed by atoms with Gasteiger partial charge in [0.1, 0.15) is 11.9 Å². The first-order valence-electron chi connectivity index (χ1n) is 21.8. The predicted octanol–water partition coefficient (Wildman–Crippen LogP) is 10.9. The number of H-pyrrole nitrogens is 1. The minimum atomic E-state index is -1.15. The summed E-state index contributed by atoms with van der Waals surface area (Å²) in [6.45, 7) is 23.3. The van der Waals surface area contributed by atoms with Crippen LogP contribution in [-0.2, 0) is 19.1 Å². The number of carbonyl (C=O) groups is 3. The lowest BCUT2D eigenvalue weighted by Crippen LogP contribution is -2.67. The van der Waals surface area contributed by atoms with Crippen LogP contribution in [0, 0.1) is 62.1 Å². The quantitative estimate of drug-likeness (QED) is 0.204. The Bertz CT molecular complexity index is 1880. The van der Waals surface area contributed by atoms with Crippen LogP contribution in [0.3, 0.4) is 0 Å². The molecule has 2 aromatic heterocycles. The molecule has 1 aliphatic heterocycles. The molecule has 1 amide bonds. The van der Waals surface area contributed by atoms with Crippen LogP contribution in [-0.4, -0.2) is 50.5 Å². The van der Waals surface area contributed by atoms with Crippen LogP contribution in [0.4, 0.5) is 0 Å². The van der Waals surface area contributed by atoms with E-state index >= 15 is 4.79 Å². The minimum absolute atomic E-state index is 0.00618. The smallest absolute Gasteiger partial charge is 0.309 e. The van der Waals surface area contributed by atoms with Gasteiger partial charge in [-0.3, -0.25) is 14.4 Å². The molecule has 8 rings (SSSR count). The van der Waals surface area contributed by atoms with Gasteiger partial charge in [0.05, 0.1) is 40.1 Å². The van der Waals surface area contributed by atoms with Crippen molar-refractivity contribution < 1.29 is 24.2 Å². The van der Waals surface area contributed by atoms with Crippen LogP contribution in [0.25, 0.3) is 10.6 Å². The number of hydrogen-bond acceptors (Lipinski definition) is 6. The van der Waals surface area contributed by atoms with Crippen molar-refractivity contribution in [2.45, 2.75) is 151 Å². The highest BCUT2D eigenvalue weighted by atomic mass is 32.1. The normalized spacial score (nSPS) is 40.2. The number of ether oxygens (including phenoxy) is 1. The Hall–Kier alpha value is -2.94. The van der Waals surface area contributed by atoms with Crippen LogP contribution < -0.4 is 0 Å². The molecule has 2 aromatic rings. The van der Waals surface area contributed by atoms with Gasteiger partial charge in [-0.25, -0.2) is 4.98 Å². The van der Waals surface area contributed by atoms with Gasteiger partial charge in [0, 0.05) is 12.0 Å². The highest BCUT2D eigenvalue weighted by Gasteiger charge is 2.72. The number of nitrogens with zero attached hydrogens (tertiary/aromatic N) is 2. The van der Waals surface area contributed by atoms with Crippen molar-refractivity contribution in [3.05, 3.63) is 41.7 Å². The lowest BCUT2D eigenvalue weighted by Gasteiger charge is -2.73. The van der Waals surface area contributed by atoms with Gasteiger partial charge in [-0.1, -0.05) is 52.8 Å². The molecule has 8 nitrogen and oxygen atoms in total. The molecule has 0 bridgehead atoms. The maximum absolute atomic E-state index is 15.5. The third-order valence-electron chi connectivity index (χ3n) is 18.1. The molecule has 0 radical (unpaired) electrons. The maximum Gasteiger partial charge on any atom is 0.309 e. The molecular formula is C47H67N3O5S. The zero-order valence-corrected chi connectivity index (χ0v) is 36.2. The molecule has 9 heteroatoms. The molecular weight excluding hydrogens is 719 g/mol. The second-order valence-corrected chi connectivity index (χ2v) is 22.3. The van der Waals surface area contributed by atoms with E-state index in [4.69, 9.17) is 9.72 Å². The average molecular weight is 786 g/mol. The Balaban J connectivity index is 1.06. The number of imidazole rings is 1. The third-order valence-corrected chi connectivity index (χ3v) is 19.0. The molecule has 5 aliphatic carbocycles. The van der Waals surface area contributed by atoms with E-state index < -0.39 is 17.4 Å². The molecule has 306 valence electrons. The number of aromatic amines is 1. The summed E-state index contributed by atoms with van der Waals surface area (Å²) < 4.78 is 6.21. The predicted molar refractivity (Wildman–Crippen MR) is 220 cm³/mol. The van der Waals surface area contributed by atoms with Crippen LogP contribution in [0.2, 0.25) is 0 Å².